The van der Waals surface area contributed by atoms with Gasteiger partial charge in [0, 0.05) is 22.4 Å². The van der Waals surface area contributed by atoms with Crippen molar-refractivity contribution in [2.75, 3.05) is 5.73 Å². The minimum absolute atomic E-state index is 0.0925. The van der Waals surface area contributed by atoms with E-state index in [1.807, 2.05) is 13.0 Å². The summed E-state index contributed by atoms with van der Waals surface area (Å²) >= 11 is 0. The number of benzene rings is 1. The van der Waals surface area contributed by atoms with Crippen molar-refractivity contribution in [2.24, 2.45) is 0 Å². The quantitative estimate of drug-likeness (QED) is 0.279. The number of rotatable bonds is 2. The number of nitrogens with two attached hydrogens (primary N) is 1. The van der Waals surface area contributed by atoms with E-state index in [-0.39, 0.29) is 16.9 Å². The number of aromatic nitrogens is 3. The summed E-state index contributed by atoms with van der Waals surface area (Å²) in [5.41, 5.74) is 11.6. The summed E-state index contributed by atoms with van der Waals surface area (Å²) < 4.78 is 63.5. The van der Waals surface area contributed by atoms with Crippen LogP contribution in [0, 0.1) is 18.3 Å². The SMILES string of the molecule is Cc1cccc(C(=O)O)c1-c1c(C#N)c(N)nc2c1CCc1[nH]ncc1-2.O=C(O)C(F)(F)F.O=C(O)C(F)(F)F. The highest BCUT2D eigenvalue weighted by molar-refractivity contribution is 6.00. The summed E-state index contributed by atoms with van der Waals surface area (Å²) in [5, 5.41) is 40.7. The Hall–Kier alpha value is -5.14. The molecule has 0 fully saturated rings. The summed E-state index contributed by atoms with van der Waals surface area (Å²) in [7, 11) is 0. The number of H-pyrrole nitrogens is 1. The molecule has 4 rings (SSSR count). The normalized spacial score (nSPS) is 11.8. The van der Waals surface area contributed by atoms with E-state index >= 15 is 0 Å². The number of carboxylic acid groups (broad SMARTS) is 3. The maximum Gasteiger partial charge on any atom is 0.490 e. The highest BCUT2D eigenvalue weighted by Crippen LogP contribution is 2.42. The Labute approximate surface area is 219 Å². The van der Waals surface area contributed by atoms with Crippen molar-refractivity contribution >= 4 is 23.7 Å². The number of hydrogen-bond donors (Lipinski definition) is 5. The van der Waals surface area contributed by atoms with Gasteiger partial charge in [0.2, 0.25) is 0 Å². The zero-order chi connectivity index (χ0) is 30.6. The first-order valence-corrected chi connectivity index (χ1v) is 10.6. The topological polar surface area (TPSA) is 203 Å². The van der Waals surface area contributed by atoms with Crippen molar-refractivity contribution in [3.63, 3.8) is 0 Å². The molecule has 1 aromatic carbocycles. The predicted octanol–water partition coefficient (Wildman–Crippen LogP) is 3.96. The third kappa shape index (κ3) is 6.83. The second kappa shape index (κ2) is 11.7. The Bertz CT molecular complexity index is 1480. The van der Waals surface area contributed by atoms with Gasteiger partial charge < -0.3 is 21.1 Å². The fraction of sp³-hybridized carbons (Fsp3) is 0.217. The molecule has 3 aromatic rings. The number of pyridine rings is 1. The van der Waals surface area contributed by atoms with Gasteiger partial charge in [0.15, 0.2) is 0 Å². The number of aromatic amines is 1. The third-order valence-corrected chi connectivity index (χ3v) is 5.27. The van der Waals surface area contributed by atoms with Crippen LogP contribution in [0.25, 0.3) is 22.4 Å². The maximum atomic E-state index is 11.8. The van der Waals surface area contributed by atoms with E-state index in [1.165, 1.54) is 0 Å². The van der Waals surface area contributed by atoms with Crippen LogP contribution in [0.2, 0.25) is 0 Å². The number of nitrogens with one attached hydrogen (secondary N) is 1. The molecule has 0 radical (unpaired) electrons. The van der Waals surface area contributed by atoms with Gasteiger partial charge in [-0.05, 0) is 37.0 Å². The van der Waals surface area contributed by atoms with Gasteiger partial charge in [-0.2, -0.15) is 36.7 Å². The molecule has 17 heteroatoms. The summed E-state index contributed by atoms with van der Waals surface area (Å²) in [6.07, 6.45) is -7.15. The minimum Gasteiger partial charge on any atom is -0.478 e. The van der Waals surface area contributed by atoms with Crippen molar-refractivity contribution in [3.05, 3.63) is 52.3 Å². The number of carboxylic acids is 3. The number of alkyl halides is 6. The number of anilines is 1. The zero-order valence-corrected chi connectivity index (χ0v) is 20.0. The molecule has 0 amide bonds. The van der Waals surface area contributed by atoms with E-state index in [9.17, 15) is 41.5 Å². The number of halogens is 6. The van der Waals surface area contributed by atoms with E-state index in [1.54, 1.807) is 18.3 Å². The highest BCUT2D eigenvalue weighted by atomic mass is 19.4. The zero-order valence-electron chi connectivity index (χ0n) is 20.0. The molecule has 0 saturated carbocycles. The lowest BCUT2D eigenvalue weighted by Gasteiger charge is -2.22. The first kappa shape index (κ1) is 31.1. The Morgan fingerprint density at radius 2 is 1.55 bits per heavy atom. The van der Waals surface area contributed by atoms with Gasteiger partial charge in [0.05, 0.1) is 17.5 Å². The monoisotopic (exact) mass is 573 g/mol. The van der Waals surface area contributed by atoms with Gasteiger partial charge in [-0.15, -0.1) is 0 Å². The molecule has 1 aliphatic carbocycles. The number of nitriles is 1. The summed E-state index contributed by atoms with van der Waals surface area (Å²) in [5.74, 6) is -6.47. The average Bonchev–Trinajstić information content (AvgIpc) is 3.32. The Kier molecular flexibility index (Phi) is 9.10. The average molecular weight is 573 g/mol. The van der Waals surface area contributed by atoms with Crippen LogP contribution in [0.15, 0.2) is 24.4 Å². The van der Waals surface area contributed by atoms with Gasteiger partial charge in [0.1, 0.15) is 17.5 Å². The summed E-state index contributed by atoms with van der Waals surface area (Å²) in [6.45, 7) is 1.83. The van der Waals surface area contributed by atoms with Gasteiger partial charge >= 0.3 is 30.3 Å². The van der Waals surface area contributed by atoms with Crippen LogP contribution in [-0.4, -0.2) is 60.8 Å². The predicted molar refractivity (Wildman–Crippen MR) is 123 cm³/mol. The standard InChI is InChI=1S/C19H15N5O2.2C2HF3O2/c1-9-3-2-4-11(19(25)26)15(9)16-10-5-6-14-13(8-22-24-14)17(10)23-18(21)12(16)7-20;2*3-2(4,5)1(6)7/h2-4,8H,5-6H2,1H3,(H2,21,23)(H,22,24)(H,25,26);2*(H,6,7). The fourth-order valence-electron chi connectivity index (χ4n) is 3.63. The van der Waals surface area contributed by atoms with E-state index < -0.39 is 30.3 Å². The summed E-state index contributed by atoms with van der Waals surface area (Å²) in [6, 6.07) is 7.19. The van der Waals surface area contributed by atoms with E-state index in [4.69, 9.17) is 25.5 Å². The number of aliphatic carboxylic acids is 2. The van der Waals surface area contributed by atoms with Crippen LogP contribution in [-0.2, 0) is 22.4 Å². The Morgan fingerprint density at radius 1 is 1.00 bits per heavy atom. The fourth-order valence-corrected chi connectivity index (χ4v) is 3.63. The second-order valence-corrected chi connectivity index (χ2v) is 7.86. The molecule has 11 nitrogen and oxygen atoms in total. The summed E-state index contributed by atoms with van der Waals surface area (Å²) in [4.78, 5) is 34.0. The lowest BCUT2D eigenvalue weighted by Crippen LogP contribution is -2.21. The van der Waals surface area contributed by atoms with Gasteiger partial charge in [-0.3, -0.25) is 5.10 Å². The van der Waals surface area contributed by atoms with Gasteiger partial charge in [0.25, 0.3) is 0 Å². The number of hydrogen-bond acceptors (Lipinski definition) is 7. The molecule has 0 spiro atoms. The molecule has 0 bridgehead atoms. The van der Waals surface area contributed by atoms with Crippen molar-refractivity contribution in [2.45, 2.75) is 32.1 Å². The first-order chi connectivity index (χ1) is 18.4. The molecule has 2 heterocycles. The van der Waals surface area contributed by atoms with Crippen LogP contribution in [0.1, 0.15) is 32.7 Å². The largest absolute Gasteiger partial charge is 0.490 e. The van der Waals surface area contributed by atoms with Crippen LogP contribution in [0.5, 0.6) is 0 Å². The maximum absolute atomic E-state index is 11.8. The molecule has 0 atom stereocenters. The van der Waals surface area contributed by atoms with Crippen LogP contribution in [0.4, 0.5) is 32.2 Å². The lowest BCUT2D eigenvalue weighted by molar-refractivity contribution is -0.193. The molecular weight excluding hydrogens is 556 g/mol. The number of aryl methyl sites for hydroxylation is 2. The molecule has 40 heavy (non-hydrogen) atoms. The highest BCUT2D eigenvalue weighted by Gasteiger charge is 2.39. The molecule has 212 valence electrons. The molecule has 6 N–H and O–H groups in total. The van der Waals surface area contributed by atoms with Gasteiger partial charge in [-0.25, -0.2) is 19.4 Å². The van der Waals surface area contributed by atoms with E-state index in [0.29, 0.717) is 29.7 Å². The first-order valence-electron chi connectivity index (χ1n) is 10.6. The van der Waals surface area contributed by atoms with Crippen molar-refractivity contribution in [1.29, 1.82) is 5.26 Å². The molecule has 1 aliphatic rings. The van der Waals surface area contributed by atoms with E-state index in [0.717, 1.165) is 22.4 Å². The van der Waals surface area contributed by atoms with Crippen LogP contribution < -0.4 is 5.73 Å². The van der Waals surface area contributed by atoms with Crippen LogP contribution >= 0.6 is 0 Å². The minimum atomic E-state index is -5.08. The third-order valence-electron chi connectivity index (χ3n) is 5.27. The number of fused-ring (bicyclic) bond motifs is 3. The van der Waals surface area contributed by atoms with Crippen molar-refractivity contribution < 1.29 is 56.0 Å². The second-order valence-electron chi connectivity index (χ2n) is 7.86. The Balaban J connectivity index is 0.000000333. The number of aromatic carboxylic acids is 1. The van der Waals surface area contributed by atoms with Crippen molar-refractivity contribution in [1.82, 2.24) is 15.2 Å². The molecule has 0 saturated heterocycles. The number of nitrogens with zero attached hydrogens (tertiary/aromatic N) is 3. The number of carbonyl (C=O) groups is 3. The van der Waals surface area contributed by atoms with Gasteiger partial charge in [-0.1, -0.05) is 12.1 Å². The number of nitrogen functional groups attached to an aromatic ring is 1. The molecule has 2 aromatic heterocycles. The van der Waals surface area contributed by atoms with Crippen LogP contribution in [0.3, 0.4) is 0 Å². The molecule has 0 unspecified atom stereocenters. The smallest absolute Gasteiger partial charge is 0.478 e. The van der Waals surface area contributed by atoms with Crippen molar-refractivity contribution in [3.8, 4) is 28.5 Å². The lowest BCUT2D eigenvalue weighted by atomic mass is 9.83. The molecule has 0 aliphatic heterocycles. The molecular formula is C23H17F6N5O6. The Morgan fingerprint density at radius 3 is 2.02 bits per heavy atom. The van der Waals surface area contributed by atoms with E-state index in [2.05, 4.69) is 21.3 Å².